The maximum atomic E-state index is 2.50. The van der Waals surface area contributed by atoms with Crippen molar-refractivity contribution in [1.29, 1.82) is 0 Å². The highest BCUT2D eigenvalue weighted by Crippen LogP contribution is 2.62. The van der Waals surface area contributed by atoms with Gasteiger partial charge >= 0.3 is 0 Å². The topological polar surface area (TPSA) is 8.17 Å². The first kappa shape index (κ1) is 30.9. The third-order valence-electron chi connectivity index (χ3n) is 12.9. The molecule has 11 aromatic rings. The van der Waals surface area contributed by atoms with Crippen LogP contribution in [-0.2, 0) is 5.41 Å². The first-order chi connectivity index (χ1) is 28.3. The van der Waals surface area contributed by atoms with E-state index in [0.717, 1.165) is 22.7 Å². The number of hydrogen-bond donors (Lipinski definition) is 0. The lowest BCUT2D eigenvalue weighted by Gasteiger charge is -2.37. The number of aromatic nitrogens is 1. The van der Waals surface area contributed by atoms with Crippen LogP contribution in [0.2, 0.25) is 0 Å². The van der Waals surface area contributed by atoms with Crippen molar-refractivity contribution in [2.45, 2.75) is 5.41 Å². The molecule has 0 bridgehead atoms. The minimum Gasteiger partial charge on any atom is -0.310 e. The van der Waals surface area contributed by atoms with Crippen LogP contribution >= 0.6 is 0 Å². The second-order valence-electron chi connectivity index (χ2n) is 15.7. The van der Waals surface area contributed by atoms with E-state index < -0.39 is 5.41 Å². The Morgan fingerprint density at radius 3 is 1.44 bits per heavy atom. The summed E-state index contributed by atoms with van der Waals surface area (Å²) in [5.74, 6) is 0. The molecule has 2 heteroatoms. The summed E-state index contributed by atoms with van der Waals surface area (Å²) in [6.45, 7) is 0. The Balaban J connectivity index is 1.04. The largest absolute Gasteiger partial charge is 0.310 e. The van der Waals surface area contributed by atoms with Gasteiger partial charge in [-0.15, -0.1) is 0 Å². The van der Waals surface area contributed by atoms with Gasteiger partial charge in [0.05, 0.1) is 16.4 Å². The lowest BCUT2D eigenvalue weighted by molar-refractivity contribution is 0.783. The maximum Gasteiger partial charge on any atom is 0.0726 e. The van der Waals surface area contributed by atoms with Gasteiger partial charge in [-0.25, -0.2) is 0 Å². The first-order valence-corrected chi connectivity index (χ1v) is 19.8. The highest BCUT2D eigenvalue weighted by atomic mass is 15.1. The fourth-order valence-electron chi connectivity index (χ4n) is 10.6. The zero-order chi connectivity index (χ0) is 37.2. The van der Waals surface area contributed by atoms with Crippen LogP contribution in [-0.4, -0.2) is 4.57 Å². The molecule has 2 aliphatic carbocycles. The Morgan fingerprint density at radius 2 is 0.789 bits per heavy atom. The van der Waals surface area contributed by atoms with E-state index in [1.807, 2.05) is 0 Å². The Hall–Kier alpha value is -7.42. The molecule has 1 heterocycles. The van der Waals surface area contributed by atoms with Crippen LogP contribution in [0.3, 0.4) is 0 Å². The summed E-state index contributed by atoms with van der Waals surface area (Å²) in [5, 5.41) is 10.3. The average molecular weight is 723 g/mol. The average Bonchev–Trinajstić information content (AvgIpc) is 3.77. The van der Waals surface area contributed by atoms with Gasteiger partial charge in [-0.05, 0) is 126 Å². The Morgan fingerprint density at radius 1 is 0.316 bits per heavy atom. The van der Waals surface area contributed by atoms with Crippen molar-refractivity contribution in [1.82, 2.24) is 4.57 Å². The molecule has 0 radical (unpaired) electrons. The highest BCUT2D eigenvalue weighted by Gasteiger charge is 2.49. The number of benzene rings is 10. The quantitative estimate of drug-likeness (QED) is 0.176. The fraction of sp³-hybridized carbons (Fsp3) is 0.0182. The normalized spacial score (nSPS) is 13.4. The van der Waals surface area contributed by atoms with Gasteiger partial charge in [0.15, 0.2) is 0 Å². The van der Waals surface area contributed by atoms with Crippen LogP contribution in [0.4, 0.5) is 17.1 Å². The van der Waals surface area contributed by atoms with Crippen LogP contribution in [0.25, 0.3) is 70.9 Å². The molecular weight excluding hydrogens is 689 g/mol. The molecule has 1 aromatic heterocycles. The van der Waals surface area contributed by atoms with Crippen LogP contribution < -0.4 is 4.90 Å². The second kappa shape index (κ2) is 11.3. The number of nitrogens with zero attached hydrogens (tertiary/aromatic N) is 2. The van der Waals surface area contributed by atoms with E-state index in [-0.39, 0.29) is 0 Å². The maximum absolute atomic E-state index is 2.50. The Kier molecular flexibility index (Phi) is 6.13. The van der Waals surface area contributed by atoms with Crippen LogP contribution in [0.5, 0.6) is 0 Å². The van der Waals surface area contributed by atoms with E-state index in [1.165, 1.54) is 87.5 Å². The molecule has 1 spiro atoms. The molecule has 2 nitrogen and oxygen atoms in total. The van der Waals surface area contributed by atoms with Gasteiger partial charge in [-0.3, -0.25) is 0 Å². The molecule has 13 rings (SSSR count). The van der Waals surface area contributed by atoms with Gasteiger partial charge in [-0.2, -0.15) is 0 Å². The minimum atomic E-state index is -0.413. The summed E-state index contributed by atoms with van der Waals surface area (Å²) in [7, 11) is 0. The predicted molar refractivity (Wildman–Crippen MR) is 239 cm³/mol. The molecule has 0 amide bonds. The molecule has 0 N–H and O–H groups in total. The first-order valence-electron chi connectivity index (χ1n) is 19.8. The molecule has 0 fully saturated rings. The fourth-order valence-corrected chi connectivity index (χ4v) is 10.6. The summed E-state index contributed by atoms with van der Waals surface area (Å²) in [4.78, 5) is 2.39. The zero-order valence-electron chi connectivity index (χ0n) is 31.0. The van der Waals surface area contributed by atoms with Crippen LogP contribution in [0.1, 0.15) is 22.3 Å². The molecular formula is C55H34N2. The van der Waals surface area contributed by atoms with Crippen molar-refractivity contribution >= 4 is 71.2 Å². The third-order valence-corrected chi connectivity index (χ3v) is 12.9. The number of hydrogen-bond acceptors (Lipinski definition) is 1. The van der Waals surface area contributed by atoms with Crippen molar-refractivity contribution in [2.75, 3.05) is 4.90 Å². The van der Waals surface area contributed by atoms with Crippen molar-refractivity contribution in [2.24, 2.45) is 0 Å². The molecule has 0 saturated carbocycles. The van der Waals surface area contributed by atoms with E-state index in [4.69, 9.17) is 0 Å². The second-order valence-corrected chi connectivity index (χ2v) is 15.7. The summed E-state index contributed by atoms with van der Waals surface area (Å²) >= 11 is 0. The molecule has 264 valence electrons. The molecule has 0 unspecified atom stereocenters. The highest BCUT2D eigenvalue weighted by molar-refractivity contribution is 6.26. The Labute approximate surface area is 330 Å². The van der Waals surface area contributed by atoms with Gasteiger partial charge in [-0.1, -0.05) is 146 Å². The molecule has 10 aromatic carbocycles. The smallest absolute Gasteiger partial charge is 0.0726 e. The number of fused-ring (bicyclic) bond motifs is 9. The summed E-state index contributed by atoms with van der Waals surface area (Å²) in [6.07, 6.45) is 0. The standard InChI is InChI=1S/C55H34N2/c1-3-13-38-33-42(26-23-35(38)11-1)56(43-27-24-36-12-2-4-14-39(36)34-43)40-28-30-41(31-29-40)57-50-22-10-21-49-53(50)54-51(57)32-25-37-15-9-20-48(52(37)54)55(49)46-18-7-5-16-44(46)45-17-6-8-19-47(45)55/h1-34H. The molecule has 57 heavy (non-hydrogen) atoms. The van der Waals surface area contributed by atoms with E-state index in [1.54, 1.807) is 0 Å². The zero-order valence-corrected chi connectivity index (χ0v) is 31.0. The van der Waals surface area contributed by atoms with Crippen molar-refractivity contribution in [3.05, 3.63) is 229 Å². The van der Waals surface area contributed by atoms with Crippen molar-refractivity contribution in [3.8, 4) is 16.8 Å². The predicted octanol–water partition coefficient (Wildman–Crippen LogP) is 14.4. The van der Waals surface area contributed by atoms with Gasteiger partial charge in [0.25, 0.3) is 0 Å². The van der Waals surface area contributed by atoms with Gasteiger partial charge < -0.3 is 9.47 Å². The number of anilines is 3. The van der Waals surface area contributed by atoms with Gasteiger partial charge in [0, 0.05) is 33.5 Å². The summed E-state index contributed by atoms with van der Waals surface area (Å²) in [6, 6.07) is 76.7. The summed E-state index contributed by atoms with van der Waals surface area (Å²) < 4.78 is 2.50. The van der Waals surface area contributed by atoms with E-state index in [9.17, 15) is 0 Å². The van der Waals surface area contributed by atoms with Crippen molar-refractivity contribution < 1.29 is 0 Å². The van der Waals surface area contributed by atoms with Gasteiger partial charge in [0.1, 0.15) is 0 Å². The lowest BCUT2D eigenvalue weighted by Crippen LogP contribution is -2.30. The minimum absolute atomic E-state index is 0.413. The SMILES string of the molecule is c1ccc2c(c1)-c1ccccc1C21c2cccc3ccc4c(c23)c2c1cccc2n4-c1ccc(N(c2ccc3ccccc3c2)c2ccc3ccccc3c2)cc1. The van der Waals surface area contributed by atoms with E-state index >= 15 is 0 Å². The van der Waals surface area contributed by atoms with E-state index in [2.05, 4.69) is 216 Å². The summed E-state index contributed by atoms with van der Waals surface area (Å²) in [5.41, 5.74) is 14.7. The lowest BCUT2D eigenvalue weighted by atomic mass is 9.63. The molecule has 0 saturated heterocycles. The monoisotopic (exact) mass is 722 g/mol. The molecule has 0 aliphatic heterocycles. The van der Waals surface area contributed by atoms with Crippen LogP contribution in [0.15, 0.2) is 206 Å². The van der Waals surface area contributed by atoms with Crippen LogP contribution in [0, 0.1) is 0 Å². The van der Waals surface area contributed by atoms with Crippen molar-refractivity contribution in [3.63, 3.8) is 0 Å². The molecule has 2 aliphatic rings. The van der Waals surface area contributed by atoms with Gasteiger partial charge in [0.2, 0.25) is 0 Å². The Bertz CT molecular complexity index is 3350. The number of rotatable bonds is 4. The van der Waals surface area contributed by atoms with E-state index in [0.29, 0.717) is 0 Å². The third kappa shape index (κ3) is 4.04. The molecule has 0 atom stereocenters.